The second-order valence-corrected chi connectivity index (χ2v) is 6.97. The fourth-order valence-electron chi connectivity index (χ4n) is 2.27. The molecule has 0 saturated heterocycles. The normalized spacial score (nSPS) is 10.1. The lowest BCUT2D eigenvalue weighted by Gasteiger charge is -2.08. The van der Waals surface area contributed by atoms with E-state index in [1.807, 2.05) is 31.2 Å². The number of hydrogen-bond donors (Lipinski definition) is 3. The van der Waals surface area contributed by atoms with E-state index in [0.29, 0.717) is 17.8 Å². The maximum atomic E-state index is 12.1. The van der Waals surface area contributed by atoms with Crippen molar-refractivity contribution in [3.8, 4) is 0 Å². The molecule has 0 heterocycles. The zero-order chi connectivity index (χ0) is 19.6. The van der Waals surface area contributed by atoms with E-state index in [2.05, 4.69) is 16.0 Å². The maximum absolute atomic E-state index is 12.1. The van der Waals surface area contributed by atoms with E-state index >= 15 is 0 Å². The monoisotopic (exact) mass is 385 g/mol. The third-order valence-corrected chi connectivity index (χ3v) is 4.49. The molecule has 7 heteroatoms. The van der Waals surface area contributed by atoms with Gasteiger partial charge < -0.3 is 16.0 Å². The van der Waals surface area contributed by atoms with Crippen LogP contribution in [0.2, 0.25) is 0 Å². The molecule has 142 valence electrons. The van der Waals surface area contributed by atoms with Crippen LogP contribution in [0.3, 0.4) is 0 Å². The van der Waals surface area contributed by atoms with Crippen molar-refractivity contribution in [2.75, 3.05) is 21.7 Å². The van der Waals surface area contributed by atoms with Crippen molar-refractivity contribution in [3.05, 3.63) is 48.5 Å². The molecule has 2 aromatic rings. The van der Waals surface area contributed by atoms with E-state index in [4.69, 9.17) is 0 Å². The summed E-state index contributed by atoms with van der Waals surface area (Å²) in [6, 6.07) is 14.3. The number of hydrogen-bond acceptors (Lipinski definition) is 4. The van der Waals surface area contributed by atoms with E-state index in [1.165, 1.54) is 18.7 Å². The second-order valence-electron chi connectivity index (χ2n) is 5.92. The van der Waals surface area contributed by atoms with Gasteiger partial charge in [-0.1, -0.05) is 6.92 Å². The highest BCUT2D eigenvalue weighted by molar-refractivity contribution is 8.00. The number of rotatable bonds is 8. The van der Waals surface area contributed by atoms with Crippen LogP contribution in [0, 0.1) is 0 Å². The van der Waals surface area contributed by atoms with Crippen molar-refractivity contribution >= 4 is 46.5 Å². The Labute approximate surface area is 163 Å². The predicted molar refractivity (Wildman–Crippen MR) is 110 cm³/mol. The van der Waals surface area contributed by atoms with Crippen LogP contribution in [0.1, 0.15) is 26.7 Å². The van der Waals surface area contributed by atoms with Crippen LogP contribution in [-0.4, -0.2) is 23.5 Å². The minimum absolute atomic E-state index is 0.00167. The molecule has 2 rings (SSSR count). The molecule has 0 aliphatic carbocycles. The standard InChI is InChI=1S/C20H23N3O3S/c1-3-4-19(25)22-17-9-11-18(12-10-17)27-13-20(26)23-16-7-5-15(6-8-16)21-14(2)24/h5-12H,3-4,13H2,1-2H3,(H,21,24)(H,22,25)(H,23,26). The molecule has 0 bridgehead atoms. The van der Waals surface area contributed by atoms with Gasteiger partial charge in [0.2, 0.25) is 17.7 Å². The Morgan fingerprint density at radius 1 is 0.778 bits per heavy atom. The molecule has 0 aromatic heterocycles. The highest BCUT2D eigenvalue weighted by Crippen LogP contribution is 2.21. The highest BCUT2D eigenvalue weighted by Gasteiger charge is 2.05. The van der Waals surface area contributed by atoms with Gasteiger partial charge in [-0.05, 0) is 55.0 Å². The summed E-state index contributed by atoms with van der Waals surface area (Å²) in [5.74, 6) is 0.0168. The smallest absolute Gasteiger partial charge is 0.234 e. The Hall–Kier alpha value is -2.80. The highest BCUT2D eigenvalue weighted by atomic mass is 32.2. The number of benzene rings is 2. The minimum Gasteiger partial charge on any atom is -0.326 e. The summed E-state index contributed by atoms with van der Waals surface area (Å²) in [4.78, 5) is 35.6. The van der Waals surface area contributed by atoms with Crippen molar-refractivity contribution in [3.63, 3.8) is 0 Å². The molecule has 0 saturated carbocycles. The average Bonchev–Trinajstić information content (AvgIpc) is 2.62. The fraction of sp³-hybridized carbons (Fsp3) is 0.250. The maximum Gasteiger partial charge on any atom is 0.234 e. The topological polar surface area (TPSA) is 87.3 Å². The quantitative estimate of drug-likeness (QED) is 0.597. The second kappa shape index (κ2) is 10.4. The van der Waals surface area contributed by atoms with E-state index in [9.17, 15) is 14.4 Å². The Balaban J connectivity index is 1.79. The predicted octanol–water partition coefficient (Wildman–Crippen LogP) is 4.11. The van der Waals surface area contributed by atoms with Crippen LogP contribution >= 0.6 is 11.8 Å². The molecule has 0 radical (unpaired) electrons. The van der Waals surface area contributed by atoms with Gasteiger partial charge in [-0.2, -0.15) is 0 Å². The average molecular weight is 385 g/mol. The van der Waals surface area contributed by atoms with Gasteiger partial charge in [0.1, 0.15) is 0 Å². The van der Waals surface area contributed by atoms with Crippen LogP contribution in [0.4, 0.5) is 17.1 Å². The number of nitrogens with one attached hydrogen (secondary N) is 3. The van der Waals surface area contributed by atoms with Crippen molar-refractivity contribution in [2.24, 2.45) is 0 Å². The third kappa shape index (κ3) is 7.53. The molecule has 3 N–H and O–H groups in total. The fourth-order valence-corrected chi connectivity index (χ4v) is 2.97. The van der Waals surface area contributed by atoms with Crippen LogP contribution < -0.4 is 16.0 Å². The number of amides is 3. The van der Waals surface area contributed by atoms with Crippen molar-refractivity contribution in [2.45, 2.75) is 31.6 Å². The van der Waals surface area contributed by atoms with Gasteiger partial charge in [0.25, 0.3) is 0 Å². The first-order chi connectivity index (χ1) is 13.0. The molecule has 27 heavy (non-hydrogen) atoms. The summed E-state index contributed by atoms with van der Waals surface area (Å²) in [6.45, 7) is 3.40. The molecular formula is C20H23N3O3S. The number of anilines is 3. The number of carbonyl (C=O) groups excluding carboxylic acids is 3. The third-order valence-electron chi connectivity index (χ3n) is 3.47. The van der Waals surface area contributed by atoms with Gasteiger partial charge in [0.05, 0.1) is 5.75 Å². The summed E-state index contributed by atoms with van der Waals surface area (Å²) >= 11 is 1.42. The van der Waals surface area contributed by atoms with Crippen molar-refractivity contribution < 1.29 is 14.4 Å². The summed E-state index contributed by atoms with van der Waals surface area (Å²) in [5, 5.41) is 8.32. The molecule has 2 aromatic carbocycles. The summed E-state index contributed by atoms with van der Waals surface area (Å²) in [6.07, 6.45) is 1.31. The molecule has 0 atom stereocenters. The van der Waals surface area contributed by atoms with Gasteiger partial charge in [0, 0.05) is 35.3 Å². The van der Waals surface area contributed by atoms with Gasteiger partial charge in [-0.15, -0.1) is 11.8 Å². The first-order valence-electron chi connectivity index (χ1n) is 8.66. The molecule has 0 spiro atoms. The van der Waals surface area contributed by atoms with E-state index in [1.54, 1.807) is 24.3 Å². The molecule has 6 nitrogen and oxygen atoms in total. The van der Waals surface area contributed by atoms with Crippen LogP contribution in [-0.2, 0) is 14.4 Å². The Morgan fingerprint density at radius 2 is 1.26 bits per heavy atom. The van der Waals surface area contributed by atoms with Crippen LogP contribution in [0.15, 0.2) is 53.4 Å². The van der Waals surface area contributed by atoms with E-state index in [0.717, 1.165) is 17.0 Å². The SMILES string of the molecule is CCCC(=O)Nc1ccc(SCC(=O)Nc2ccc(NC(C)=O)cc2)cc1. The van der Waals surface area contributed by atoms with Crippen molar-refractivity contribution in [1.29, 1.82) is 0 Å². The summed E-state index contributed by atoms with van der Waals surface area (Å²) < 4.78 is 0. The Morgan fingerprint density at radius 3 is 1.78 bits per heavy atom. The lowest BCUT2D eigenvalue weighted by atomic mass is 10.3. The molecule has 0 aliphatic rings. The molecule has 0 unspecified atom stereocenters. The molecule has 3 amide bonds. The first kappa shape index (κ1) is 20.5. The summed E-state index contributed by atoms with van der Waals surface area (Å²) in [5.41, 5.74) is 2.10. The Kier molecular flexibility index (Phi) is 7.88. The number of thioether (sulfide) groups is 1. The molecule has 0 fully saturated rings. The summed E-state index contributed by atoms with van der Waals surface area (Å²) in [7, 11) is 0. The van der Waals surface area contributed by atoms with Gasteiger partial charge in [-0.3, -0.25) is 14.4 Å². The molecular weight excluding hydrogens is 362 g/mol. The minimum atomic E-state index is -0.140. The van der Waals surface area contributed by atoms with E-state index in [-0.39, 0.29) is 23.5 Å². The zero-order valence-electron chi connectivity index (χ0n) is 15.4. The first-order valence-corrected chi connectivity index (χ1v) is 9.65. The largest absolute Gasteiger partial charge is 0.326 e. The van der Waals surface area contributed by atoms with Gasteiger partial charge >= 0.3 is 0 Å². The zero-order valence-corrected chi connectivity index (χ0v) is 16.2. The lowest BCUT2D eigenvalue weighted by Crippen LogP contribution is -2.14. The molecule has 0 aliphatic heterocycles. The van der Waals surface area contributed by atoms with Crippen molar-refractivity contribution in [1.82, 2.24) is 0 Å². The Bertz CT molecular complexity index is 789. The number of carbonyl (C=O) groups is 3. The lowest BCUT2D eigenvalue weighted by molar-refractivity contribution is -0.116. The van der Waals surface area contributed by atoms with Crippen LogP contribution in [0.5, 0.6) is 0 Å². The van der Waals surface area contributed by atoms with Crippen LogP contribution in [0.25, 0.3) is 0 Å². The van der Waals surface area contributed by atoms with Gasteiger partial charge in [-0.25, -0.2) is 0 Å². The van der Waals surface area contributed by atoms with E-state index < -0.39 is 0 Å². The van der Waals surface area contributed by atoms with Gasteiger partial charge in [0.15, 0.2) is 0 Å².